The minimum Gasteiger partial charge on any atom is -0.305 e. The predicted molar refractivity (Wildman–Crippen MR) is 239 cm³/mol. The van der Waals surface area contributed by atoms with Gasteiger partial charge in [-0.2, -0.15) is 11.3 Å². The first-order valence-electron chi connectivity index (χ1n) is 20.3. The zero-order valence-corrected chi connectivity index (χ0v) is 38.0. The molecule has 0 aliphatic heterocycles. The molecule has 5 heteroatoms. The van der Waals surface area contributed by atoms with Crippen molar-refractivity contribution in [1.29, 1.82) is 0 Å². The van der Waals surface area contributed by atoms with Crippen LogP contribution in [0.5, 0.6) is 0 Å². The molecule has 0 saturated heterocycles. The van der Waals surface area contributed by atoms with Crippen LogP contribution < -0.4 is 5.19 Å². The number of rotatable bonds is 7. The normalized spacial score (nSPS) is 18.0. The molecule has 3 aromatic heterocycles. The number of aromatic nitrogens is 2. The average molecular weight is 947 g/mol. The zero-order chi connectivity index (χ0) is 38.2. The van der Waals surface area contributed by atoms with E-state index in [1.807, 2.05) is 35.7 Å². The van der Waals surface area contributed by atoms with E-state index < -0.39 is 8.07 Å². The molecule has 1 atom stereocenters. The molecule has 4 aromatic carbocycles. The molecule has 3 saturated carbocycles. The van der Waals surface area contributed by atoms with Gasteiger partial charge in [-0.05, 0) is 105 Å². The van der Waals surface area contributed by atoms with E-state index in [9.17, 15) is 0 Å². The van der Waals surface area contributed by atoms with Crippen LogP contribution in [0.3, 0.4) is 0 Å². The van der Waals surface area contributed by atoms with Crippen LogP contribution in [0.2, 0.25) is 19.6 Å². The molecule has 1 radical (unpaired) electrons. The minimum absolute atomic E-state index is 0. The van der Waals surface area contributed by atoms with Gasteiger partial charge in [-0.3, -0.25) is 0 Å². The molecule has 1 unspecified atom stereocenters. The molecular weight excluding hydrogens is 893 g/mol. The van der Waals surface area contributed by atoms with Crippen LogP contribution in [-0.4, -0.2) is 18.0 Å². The van der Waals surface area contributed by atoms with E-state index in [0.29, 0.717) is 0 Å². The molecule has 3 heterocycles. The fourth-order valence-electron chi connectivity index (χ4n) is 9.24. The maximum atomic E-state index is 4.83. The van der Waals surface area contributed by atoms with Gasteiger partial charge in [0.1, 0.15) is 0 Å². The molecule has 3 aliphatic carbocycles. The van der Waals surface area contributed by atoms with Gasteiger partial charge >= 0.3 is 0 Å². The summed E-state index contributed by atoms with van der Waals surface area (Å²) < 4.78 is 2.62. The largest absolute Gasteiger partial charge is 0.305 e. The van der Waals surface area contributed by atoms with Gasteiger partial charge in [-0.15, -0.1) is 59.7 Å². The Morgan fingerprint density at radius 1 is 0.786 bits per heavy atom. The summed E-state index contributed by atoms with van der Waals surface area (Å²) in [6.45, 7) is 14.1. The first-order valence-corrected chi connectivity index (χ1v) is 24.6. The second-order valence-corrected chi connectivity index (χ2v) is 24.4. The van der Waals surface area contributed by atoms with E-state index in [4.69, 9.17) is 9.97 Å². The van der Waals surface area contributed by atoms with Crippen molar-refractivity contribution >= 4 is 44.8 Å². The molecule has 0 N–H and O–H groups in total. The molecule has 289 valence electrons. The molecule has 3 aliphatic rings. The number of nitrogens with zero attached hydrogens (tertiary/aromatic N) is 2. The van der Waals surface area contributed by atoms with E-state index in [-0.39, 0.29) is 25.5 Å². The number of fused-ring (bicyclic) bond motifs is 6. The Balaban J connectivity index is 0.000000190. The van der Waals surface area contributed by atoms with Crippen LogP contribution in [0.25, 0.3) is 53.8 Å². The Hall–Kier alpha value is -3.73. The Kier molecular flexibility index (Phi) is 12.3. The third-order valence-corrected chi connectivity index (χ3v) is 15.1. The van der Waals surface area contributed by atoms with Crippen LogP contribution in [0.4, 0.5) is 0 Å². The summed E-state index contributed by atoms with van der Waals surface area (Å²) in [5.41, 5.74) is 10.1. The number of benzene rings is 4. The Bertz CT molecular complexity index is 2400. The van der Waals surface area contributed by atoms with Gasteiger partial charge in [0.2, 0.25) is 0 Å². The minimum atomic E-state index is -1.37. The third-order valence-electron chi connectivity index (χ3n) is 11.8. The first kappa shape index (κ1) is 40.5. The van der Waals surface area contributed by atoms with Crippen molar-refractivity contribution in [3.05, 3.63) is 139 Å². The maximum absolute atomic E-state index is 4.83. The quantitative estimate of drug-likeness (QED) is 0.118. The van der Waals surface area contributed by atoms with E-state index in [2.05, 4.69) is 144 Å². The van der Waals surface area contributed by atoms with Crippen molar-refractivity contribution in [3.63, 3.8) is 0 Å². The van der Waals surface area contributed by atoms with Crippen LogP contribution in [0, 0.1) is 35.3 Å². The first-order chi connectivity index (χ1) is 26.5. The fourth-order valence-corrected chi connectivity index (χ4v) is 12.0. The molecule has 56 heavy (non-hydrogen) atoms. The van der Waals surface area contributed by atoms with E-state index >= 15 is 0 Å². The van der Waals surface area contributed by atoms with Gasteiger partial charge in [-0.1, -0.05) is 124 Å². The third kappa shape index (κ3) is 9.03. The van der Waals surface area contributed by atoms with Crippen molar-refractivity contribution < 1.29 is 20.1 Å². The smallest absolute Gasteiger partial charge is 0.0798 e. The average Bonchev–Trinajstić information content (AvgIpc) is 3.58. The van der Waals surface area contributed by atoms with Crippen molar-refractivity contribution in [3.8, 4) is 33.6 Å². The second-order valence-electron chi connectivity index (χ2n) is 18.3. The molecule has 10 rings (SSSR count). The van der Waals surface area contributed by atoms with Crippen LogP contribution in [0.1, 0.15) is 64.0 Å². The summed E-state index contributed by atoms with van der Waals surface area (Å²) in [6.07, 6.45) is 13.7. The number of thiophene rings is 1. The predicted octanol–water partition coefficient (Wildman–Crippen LogP) is 13.6. The van der Waals surface area contributed by atoms with Gasteiger partial charge < -0.3 is 9.97 Å². The van der Waals surface area contributed by atoms with Crippen LogP contribution in [-0.2, 0) is 32.9 Å². The monoisotopic (exact) mass is 947 g/mol. The van der Waals surface area contributed by atoms with Gasteiger partial charge in [0.05, 0.1) is 8.07 Å². The number of hydrogen-bond acceptors (Lipinski definition) is 3. The van der Waals surface area contributed by atoms with Crippen molar-refractivity contribution in [2.24, 2.45) is 23.2 Å². The van der Waals surface area contributed by atoms with Gasteiger partial charge in [-0.25, -0.2) is 0 Å². The number of pyridine rings is 2. The summed E-state index contributed by atoms with van der Waals surface area (Å²) in [5.74, 6) is 2.78. The summed E-state index contributed by atoms with van der Waals surface area (Å²) in [7, 11) is -1.37. The fraction of sp³-hybridized carbons (Fsp3) is 0.333. The van der Waals surface area contributed by atoms with Crippen molar-refractivity contribution in [1.82, 2.24) is 9.97 Å². The Labute approximate surface area is 353 Å². The molecule has 0 spiro atoms. The summed E-state index contributed by atoms with van der Waals surface area (Å²) in [4.78, 5) is 9.54. The Morgan fingerprint density at radius 3 is 2.27 bits per heavy atom. The molecular formula is C51H54IrN2SSi-2. The molecule has 7 aromatic rings. The van der Waals surface area contributed by atoms with Crippen molar-refractivity contribution in [2.45, 2.75) is 85.4 Å². The van der Waals surface area contributed by atoms with E-state index in [1.54, 1.807) is 0 Å². The molecule has 2 nitrogen and oxygen atoms in total. The Morgan fingerprint density at radius 2 is 1.57 bits per heavy atom. The van der Waals surface area contributed by atoms with Gasteiger partial charge in [0.15, 0.2) is 0 Å². The van der Waals surface area contributed by atoms with Crippen molar-refractivity contribution in [2.75, 3.05) is 0 Å². The van der Waals surface area contributed by atoms with E-state index in [0.717, 1.165) is 46.7 Å². The zero-order valence-electron chi connectivity index (χ0n) is 33.8. The second kappa shape index (κ2) is 17.0. The summed E-state index contributed by atoms with van der Waals surface area (Å²) in [5, 5.41) is 4.14. The number of hydrogen-bond donors (Lipinski definition) is 0. The molecule has 0 amide bonds. The topological polar surface area (TPSA) is 25.8 Å². The molecule has 2 bridgehead atoms. The summed E-state index contributed by atoms with van der Waals surface area (Å²) >= 11 is 1.87. The maximum Gasteiger partial charge on any atom is 0.0798 e. The SMILES string of the molecule is CC(C)(C)Cc1cc(-c2[c-]cccc2)ncc1[Si](C)(C)C.[Ir].[c-]1ccc2c(sc3cccc(-c4ccccc4)c32)c1-c1cc(CC2CC3CCC2CC3)ccn1. The van der Waals surface area contributed by atoms with E-state index in [1.165, 1.54) is 86.1 Å². The summed E-state index contributed by atoms with van der Waals surface area (Å²) in [6, 6.07) is 43.5. The molecule has 3 fully saturated rings. The van der Waals surface area contributed by atoms with Crippen LogP contribution in [0.15, 0.2) is 116 Å². The van der Waals surface area contributed by atoms with Crippen LogP contribution >= 0.6 is 11.3 Å². The standard InChI is InChI=1S/C32H28NS.C19H26NSi.Ir/c1-2-6-24(7-3-1)26-8-5-11-30-31(26)28-10-4-9-27(32(28)34-30)29-20-22(16-17-33-29)19-25-18-21-12-14-23(25)15-13-21;1-19(2,3)13-16-12-17(15-10-8-7-9-11-15)20-14-18(16)21(4,5)6;/h1-8,10-11,16-17,20-21,23,25H,12-15,18-19H2;7-10,12,14H,13H2,1-6H3;/q2*-1;. The van der Waals surface area contributed by atoms with Gasteiger partial charge in [0.25, 0.3) is 0 Å². The van der Waals surface area contributed by atoms with Gasteiger partial charge in [0, 0.05) is 37.2 Å².